The van der Waals surface area contributed by atoms with E-state index in [-0.39, 0.29) is 45.9 Å². The highest BCUT2D eigenvalue weighted by molar-refractivity contribution is 7.96. The van der Waals surface area contributed by atoms with Crippen molar-refractivity contribution in [2.24, 2.45) is 5.73 Å². The third kappa shape index (κ3) is 3.79. The van der Waals surface area contributed by atoms with Gasteiger partial charge in [-0.3, -0.25) is 4.31 Å². The van der Waals surface area contributed by atoms with Crippen molar-refractivity contribution in [3.8, 4) is 23.3 Å². The molecule has 5 rings (SSSR count). The van der Waals surface area contributed by atoms with Gasteiger partial charge in [0.05, 0.1) is 32.4 Å². The number of sulfonamides is 1. The Labute approximate surface area is 220 Å². The normalized spacial score (nSPS) is 17.7. The van der Waals surface area contributed by atoms with Crippen molar-refractivity contribution in [1.29, 1.82) is 5.26 Å². The average molecular weight is 532 g/mol. The van der Waals surface area contributed by atoms with E-state index in [0.717, 1.165) is 11.1 Å². The minimum Gasteiger partial charge on any atom is -0.502 e. The van der Waals surface area contributed by atoms with E-state index in [1.54, 1.807) is 24.3 Å². The lowest BCUT2D eigenvalue weighted by Crippen LogP contribution is -2.39. The fraction of sp³-hybridized carbons (Fsp3) is 0.179. The molecule has 3 aromatic carbocycles. The van der Waals surface area contributed by atoms with E-state index >= 15 is 0 Å². The maximum absolute atomic E-state index is 14.5. The zero-order valence-corrected chi connectivity index (χ0v) is 21.7. The third-order valence-electron chi connectivity index (χ3n) is 6.77. The fourth-order valence-electron chi connectivity index (χ4n) is 4.84. The minimum absolute atomic E-state index is 0.0501. The van der Waals surface area contributed by atoms with E-state index < -0.39 is 15.9 Å². The van der Waals surface area contributed by atoms with E-state index in [2.05, 4.69) is 0 Å². The predicted molar refractivity (Wildman–Crippen MR) is 142 cm³/mol. The van der Waals surface area contributed by atoms with Gasteiger partial charge < -0.3 is 25.1 Å². The van der Waals surface area contributed by atoms with Gasteiger partial charge in [-0.25, -0.2) is 8.42 Å². The van der Waals surface area contributed by atoms with Gasteiger partial charge in [-0.15, -0.1) is 0 Å². The molecular weight excluding hydrogens is 506 g/mol. The standard InChI is InChI=1S/C28H25N3O6S/c1-16-8-4-5-9-17(16)15-31-21-11-7-6-10-19(21)26-27(38(31,33)34)24(20(14-29)28(30)37-26)18-12-22(35-2)25(32)23(13-18)36-3/h4-13,24,32H,15,30H2,1-3H3/t24-/m1/s1. The van der Waals surface area contributed by atoms with Crippen LogP contribution in [0.5, 0.6) is 17.2 Å². The second-order valence-corrected chi connectivity index (χ2v) is 10.7. The molecule has 0 spiro atoms. The summed E-state index contributed by atoms with van der Waals surface area (Å²) in [6.07, 6.45) is 0. The second-order valence-electron chi connectivity index (χ2n) is 8.85. The number of nitriles is 1. The highest BCUT2D eigenvalue weighted by atomic mass is 32.2. The maximum atomic E-state index is 14.5. The summed E-state index contributed by atoms with van der Waals surface area (Å²) in [5.41, 5.74) is 9.15. The first kappa shape index (κ1) is 25.0. The van der Waals surface area contributed by atoms with Crippen molar-refractivity contribution in [3.05, 3.63) is 99.3 Å². The lowest BCUT2D eigenvalue weighted by atomic mass is 9.87. The first-order valence-electron chi connectivity index (χ1n) is 11.7. The SMILES string of the molecule is COc1cc([C@@H]2C(C#N)=C(N)OC3=C2S(=O)(=O)N(Cc2ccccc2C)c2ccccc23)cc(OC)c1O. The molecule has 0 saturated carbocycles. The molecule has 0 fully saturated rings. The van der Waals surface area contributed by atoms with Gasteiger partial charge >= 0.3 is 0 Å². The summed E-state index contributed by atoms with van der Waals surface area (Å²) in [6, 6.07) is 19.5. The van der Waals surface area contributed by atoms with E-state index in [1.807, 2.05) is 37.3 Å². The van der Waals surface area contributed by atoms with Crippen LogP contribution in [0.2, 0.25) is 0 Å². The molecule has 0 amide bonds. The molecule has 9 nitrogen and oxygen atoms in total. The number of phenols is 1. The number of ether oxygens (including phenoxy) is 3. The fourth-order valence-corrected chi connectivity index (χ4v) is 6.74. The summed E-state index contributed by atoms with van der Waals surface area (Å²) < 4.78 is 46.7. The van der Waals surface area contributed by atoms with Gasteiger partial charge in [0, 0.05) is 5.56 Å². The summed E-state index contributed by atoms with van der Waals surface area (Å²) in [6.45, 7) is 1.99. The van der Waals surface area contributed by atoms with Crippen molar-refractivity contribution >= 4 is 21.5 Å². The quantitative estimate of drug-likeness (QED) is 0.499. The number of para-hydroxylation sites is 1. The van der Waals surface area contributed by atoms with Gasteiger partial charge in [-0.1, -0.05) is 36.4 Å². The Morgan fingerprint density at radius 3 is 2.34 bits per heavy atom. The van der Waals surface area contributed by atoms with E-state index in [9.17, 15) is 18.8 Å². The molecule has 3 N–H and O–H groups in total. The molecule has 10 heteroatoms. The number of anilines is 1. The van der Waals surface area contributed by atoms with Crippen LogP contribution in [0.3, 0.4) is 0 Å². The number of hydrogen-bond donors (Lipinski definition) is 2. The van der Waals surface area contributed by atoms with Crippen LogP contribution in [0, 0.1) is 18.3 Å². The number of aromatic hydroxyl groups is 1. The van der Waals surface area contributed by atoms with Crippen molar-refractivity contribution in [1.82, 2.24) is 0 Å². The molecule has 0 aliphatic carbocycles. The molecule has 0 saturated heterocycles. The summed E-state index contributed by atoms with van der Waals surface area (Å²) >= 11 is 0. The topological polar surface area (TPSA) is 135 Å². The average Bonchev–Trinajstić information content (AvgIpc) is 2.91. The molecule has 0 aromatic heterocycles. The Balaban J connectivity index is 1.80. The zero-order valence-electron chi connectivity index (χ0n) is 20.9. The first-order valence-corrected chi connectivity index (χ1v) is 13.1. The number of nitrogens with zero attached hydrogens (tertiary/aromatic N) is 2. The number of rotatable bonds is 5. The van der Waals surface area contributed by atoms with Crippen LogP contribution < -0.4 is 19.5 Å². The molecule has 38 heavy (non-hydrogen) atoms. The Hall–Kier alpha value is -4.62. The molecule has 2 heterocycles. The minimum atomic E-state index is -4.26. The van der Waals surface area contributed by atoms with Crippen LogP contribution in [-0.2, 0) is 21.3 Å². The van der Waals surface area contributed by atoms with Gasteiger partial charge in [0.1, 0.15) is 16.5 Å². The molecule has 0 radical (unpaired) electrons. The maximum Gasteiger partial charge on any atom is 0.265 e. The van der Waals surface area contributed by atoms with Crippen LogP contribution in [-0.4, -0.2) is 27.7 Å². The molecule has 3 aromatic rings. The number of allylic oxidation sites excluding steroid dienone is 2. The Morgan fingerprint density at radius 2 is 1.71 bits per heavy atom. The molecule has 2 aliphatic rings. The third-order valence-corrected chi connectivity index (χ3v) is 8.65. The van der Waals surface area contributed by atoms with Crippen LogP contribution in [0.25, 0.3) is 5.76 Å². The van der Waals surface area contributed by atoms with E-state index in [1.165, 1.54) is 30.7 Å². The smallest absolute Gasteiger partial charge is 0.265 e. The molecule has 2 aliphatic heterocycles. The lowest BCUT2D eigenvalue weighted by molar-refractivity contribution is 0.338. The van der Waals surface area contributed by atoms with Gasteiger partial charge in [0.15, 0.2) is 17.3 Å². The number of fused-ring (bicyclic) bond motifs is 2. The van der Waals surface area contributed by atoms with Crippen LogP contribution in [0.1, 0.15) is 28.2 Å². The number of aryl methyl sites for hydroxylation is 1. The zero-order chi connectivity index (χ0) is 27.2. The van der Waals surface area contributed by atoms with Crippen LogP contribution in [0.4, 0.5) is 5.69 Å². The second kappa shape index (κ2) is 9.36. The van der Waals surface area contributed by atoms with Crippen molar-refractivity contribution < 1.29 is 27.7 Å². The molecule has 0 bridgehead atoms. The molecular formula is C28H25N3O6S. The monoisotopic (exact) mass is 531 g/mol. The van der Waals surface area contributed by atoms with Crippen molar-refractivity contribution in [2.75, 3.05) is 18.5 Å². The largest absolute Gasteiger partial charge is 0.502 e. The Morgan fingerprint density at radius 1 is 1.08 bits per heavy atom. The summed E-state index contributed by atoms with van der Waals surface area (Å²) in [5.74, 6) is -1.46. The number of hydrogen-bond acceptors (Lipinski definition) is 8. The Kier molecular flexibility index (Phi) is 6.17. The number of phenolic OH excluding ortho intramolecular Hbond substituents is 1. The summed E-state index contributed by atoms with van der Waals surface area (Å²) in [4.78, 5) is -0.134. The van der Waals surface area contributed by atoms with Crippen LogP contribution in [0.15, 0.2) is 77.0 Å². The van der Waals surface area contributed by atoms with Gasteiger partial charge in [-0.05, 0) is 47.9 Å². The predicted octanol–water partition coefficient (Wildman–Crippen LogP) is 4.24. The summed E-state index contributed by atoms with van der Waals surface area (Å²) in [7, 11) is -1.54. The molecule has 0 unspecified atom stereocenters. The molecule has 1 atom stereocenters. The van der Waals surface area contributed by atoms with Crippen molar-refractivity contribution in [3.63, 3.8) is 0 Å². The number of nitrogens with two attached hydrogens (primary N) is 1. The van der Waals surface area contributed by atoms with E-state index in [4.69, 9.17) is 19.9 Å². The lowest BCUT2D eigenvalue weighted by Gasteiger charge is -2.38. The van der Waals surface area contributed by atoms with Gasteiger partial charge in [0.25, 0.3) is 10.0 Å². The van der Waals surface area contributed by atoms with Gasteiger partial charge in [-0.2, -0.15) is 5.26 Å². The van der Waals surface area contributed by atoms with E-state index in [0.29, 0.717) is 16.8 Å². The highest BCUT2D eigenvalue weighted by Gasteiger charge is 2.47. The van der Waals surface area contributed by atoms with Gasteiger partial charge in [0.2, 0.25) is 11.6 Å². The van der Waals surface area contributed by atoms with Crippen molar-refractivity contribution in [2.45, 2.75) is 19.4 Å². The Bertz CT molecular complexity index is 1640. The first-order chi connectivity index (χ1) is 18.2. The number of methoxy groups -OCH3 is 2. The molecule has 194 valence electrons. The number of benzene rings is 3. The summed E-state index contributed by atoms with van der Waals surface area (Å²) in [5, 5.41) is 20.6. The van der Waals surface area contributed by atoms with Crippen LogP contribution >= 0.6 is 0 Å². The highest BCUT2D eigenvalue weighted by Crippen LogP contribution is 2.53.